The van der Waals surface area contributed by atoms with Gasteiger partial charge in [0.2, 0.25) is 0 Å². The van der Waals surface area contributed by atoms with Gasteiger partial charge in [0.15, 0.2) is 0 Å². The monoisotopic (exact) mass is 193 g/mol. The molecular weight excluding hydrogens is 178 g/mol. The molecule has 0 N–H and O–H groups in total. The number of nitrogens with zero attached hydrogens (tertiary/aromatic N) is 1. The molecule has 1 aliphatic rings. The van der Waals surface area contributed by atoms with Crippen LogP contribution in [0, 0.1) is 5.92 Å². The molecule has 2 heteroatoms. The minimum absolute atomic E-state index is 0. The molecule has 1 fully saturated rings. The van der Waals surface area contributed by atoms with Crippen LogP contribution in [-0.2, 0) is 0 Å². The van der Waals surface area contributed by atoms with Crippen molar-refractivity contribution in [1.29, 1.82) is 0 Å². The van der Waals surface area contributed by atoms with Crippen LogP contribution < -0.4 is 0 Å². The number of hydrogen-bond acceptors (Lipinski definition) is 1. The van der Waals surface area contributed by atoms with Crippen molar-refractivity contribution in [2.75, 3.05) is 20.1 Å². The maximum Gasteiger partial charge on any atom is 0.000398 e. The second-order valence-electron chi connectivity index (χ2n) is 3.01. The average Bonchev–Trinajstić information content (AvgIpc) is 1.64. The summed E-state index contributed by atoms with van der Waals surface area (Å²) in [4.78, 5) is 2.41. The topological polar surface area (TPSA) is 3.24 Å². The molecule has 9 heavy (non-hydrogen) atoms. The van der Waals surface area contributed by atoms with E-state index in [-0.39, 0.29) is 17.0 Å². The molecule has 0 bridgehead atoms. The quantitative estimate of drug-likeness (QED) is 0.569. The van der Waals surface area contributed by atoms with Crippen LogP contribution >= 0.6 is 17.0 Å². The molecule has 56 valence electrons. The predicted octanol–water partition coefficient (Wildman–Crippen LogP) is 1.93. The smallest absolute Gasteiger partial charge is 0.000398 e. The van der Waals surface area contributed by atoms with Crippen LogP contribution in [0.25, 0.3) is 0 Å². The van der Waals surface area contributed by atoms with E-state index in [1.54, 1.807) is 0 Å². The average molecular weight is 194 g/mol. The Morgan fingerprint density at radius 1 is 1.44 bits per heavy atom. The van der Waals surface area contributed by atoms with Gasteiger partial charge in [-0.3, -0.25) is 0 Å². The van der Waals surface area contributed by atoms with E-state index in [0.29, 0.717) is 0 Å². The van der Waals surface area contributed by atoms with Crippen LogP contribution in [-0.4, -0.2) is 25.0 Å². The summed E-state index contributed by atoms with van der Waals surface area (Å²) in [5.74, 6) is 0.939. The third-order valence-electron chi connectivity index (χ3n) is 1.86. The first-order chi connectivity index (χ1) is 3.79. The number of hydrogen-bond donors (Lipinski definition) is 0. The van der Waals surface area contributed by atoms with Crippen molar-refractivity contribution >= 4 is 17.0 Å². The fourth-order valence-electron chi connectivity index (χ4n) is 1.42. The van der Waals surface area contributed by atoms with Gasteiger partial charge in [0.1, 0.15) is 0 Å². The molecule has 1 nitrogen and oxygen atoms in total. The van der Waals surface area contributed by atoms with Crippen molar-refractivity contribution in [3.05, 3.63) is 0 Å². The van der Waals surface area contributed by atoms with Gasteiger partial charge < -0.3 is 4.90 Å². The van der Waals surface area contributed by atoms with Crippen LogP contribution in [0.5, 0.6) is 0 Å². The molecule has 0 saturated carbocycles. The SMILES string of the molecule is Br.C[C@@H]1CCCN(C)C1. The first kappa shape index (κ1) is 9.44. The van der Waals surface area contributed by atoms with Crippen molar-refractivity contribution in [2.24, 2.45) is 5.92 Å². The summed E-state index contributed by atoms with van der Waals surface area (Å²) >= 11 is 0. The lowest BCUT2D eigenvalue weighted by atomic mass is 10.0. The lowest BCUT2D eigenvalue weighted by molar-refractivity contribution is 0.221. The Kier molecular flexibility index (Phi) is 4.50. The number of rotatable bonds is 0. The molecule has 0 amide bonds. The van der Waals surface area contributed by atoms with Crippen molar-refractivity contribution in [2.45, 2.75) is 19.8 Å². The normalized spacial score (nSPS) is 29.3. The van der Waals surface area contributed by atoms with Gasteiger partial charge in [-0.1, -0.05) is 6.92 Å². The molecule has 1 heterocycles. The molecule has 0 spiro atoms. The van der Waals surface area contributed by atoms with E-state index >= 15 is 0 Å². The van der Waals surface area contributed by atoms with E-state index in [0.717, 1.165) is 5.92 Å². The maximum absolute atomic E-state index is 2.41. The highest BCUT2D eigenvalue weighted by Gasteiger charge is 2.11. The van der Waals surface area contributed by atoms with Crippen LogP contribution in [0.2, 0.25) is 0 Å². The molecule has 1 atom stereocenters. The predicted molar refractivity (Wildman–Crippen MR) is 46.2 cm³/mol. The minimum atomic E-state index is 0. The summed E-state index contributed by atoms with van der Waals surface area (Å²) in [6.45, 7) is 4.94. The third-order valence-corrected chi connectivity index (χ3v) is 1.86. The van der Waals surface area contributed by atoms with E-state index in [1.165, 1.54) is 25.9 Å². The van der Waals surface area contributed by atoms with E-state index in [9.17, 15) is 0 Å². The van der Waals surface area contributed by atoms with E-state index < -0.39 is 0 Å². The zero-order valence-electron chi connectivity index (χ0n) is 6.26. The maximum atomic E-state index is 2.41. The second-order valence-corrected chi connectivity index (χ2v) is 3.01. The van der Waals surface area contributed by atoms with E-state index in [4.69, 9.17) is 0 Å². The van der Waals surface area contributed by atoms with Crippen molar-refractivity contribution in [1.82, 2.24) is 4.90 Å². The summed E-state index contributed by atoms with van der Waals surface area (Å²) in [5, 5.41) is 0. The number of piperidine rings is 1. The van der Waals surface area contributed by atoms with Gasteiger partial charge in [0.05, 0.1) is 0 Å². The Hall–Kier alpha value is 0.440. The summed E-state index contributed by atoms with van der Waals surface area (Å²) in [5.41, 5.74) is 0. The van der Waals surface area contributed by atoms with Gasteiger partial charge >= 0.3 is 0 Å². The zero-order chi connectivity index (χ0) is 5.98. The van der Waals surface area contributed by atoms with Crippen LogP contribution in [0.15, 0.2) is 0 Å². The highest BCUT2D eigenvalue weighted by molar-refractivity contribution is 8.93. The van der Waals surface area contributed by atoms with E-state index in [1.807, 2.05) is 0 Å². The molecule has 0 aliphatic carbocycles. The largest absolute Gasteiger partial charge is 0.306 e. The molecule has 0 unspecified atom stereocenters. The second kappa shape index (κ2) is 4.29. The van der Waals surface area contributed by atoms with E-state index in [2.05, 4.69) is 18.9 Å². The first-order valence-corrected chi connectivity index (χ1v) is 3.47. The zero-order valence-corrected chi connectivity index (χ0v) is 7.97. The van der Waals surface area contributed by atoms with Crippen LogP contribution in [0.3, 0.4) is 0 Å². The first-order valence-electron chi connectivity index (χ1n) is 3.47. The summed E-state index contributed by atoms with van der Waals surface area (Å²) in [6.07, 6.45) is 2.84. The Labute approximate surface area is 68.2 Å². The van der Waals surface area contributed by atoms with Crippen LogP contribution in [0.1, 0.15) is 19.8 Å². The highest BCUT2D eigenvalue weighted by atomic mass is 79.9. The lowest BCUT2D eigenvalue weighted by Crippen LogP contribution is -2.30. The van der Waals surface area contributed by atoms with Crippen molar-refractivity contribution in [3.8, 4) is 0 Å². The fraction of sp³-hybridized carbons (Fsp3) is 1.00. The molecule has 0 aromatic carbocycles. The van der Waals surface area contributed by atoms with Gasteiger partial charge in [0.25, 0.3) is 0 Å². The number of likely N-dealkylation sites (tertiary alicyclic amines) is 1. The van der Waals surface area contributed by atoms with Crippen molar-refractivity contribution in [3.63, 3.8) is 0 Å². The summed E-state index contributed by atoms with van der Waals surface area (Å²) in [7, 11) is 2.20. The van der Waals surface area contributed by atoms with Gasteiger partial charge in [-0.05, 0) is 32.4 Å². The summed E-state index contributed by atoms with van der Waals surface area (Å²) < 4.78 is 0. The molecule has 0 radical (unpaired) electrons. The Morgan fingerprint density at radius 3 is 2.44 bits per heavy atom. The van der Waals surface area contributed by atoms with Gasteiger partial charge in [-0.2, -0.15) is 0 Å². The van der Waals surface area contributed by atoms with Crippen molar-refractivity contribution < 1.29 is 0 Å². The fourth-order valence-corrected chi connectivity index (χ4v) is 1.42. The molecule has 1 saturated heterocycles. The third kappa shape index (κ3) is 3.21. The standard InChI is InChI=1S/C7H15N.BrH/c1-7-4-3-5-8(2)6-7;/h7H,3-6H2,1-2H3;1H/t7-;/m1./s1. The van der Waals surface area contributed by atoms with Crippen LogP contribution in [0.4, 0.5) is 0 Å². The molecular formula is C7H16BrN. The molecule has 1 aliphatic heterocycles. The van der Waals surface area contributed by atoms with Gasteiger partial charge in [0, 0.05) is 6.54 Å². The molecule has 0 aromatic heterocycles. The van der Waals surface area contributed by atoms with Gasteiger partial charge in [-0.25, -0.2) is 0 Å². The Bertz CT molecular complexity index is 67.3. The molecule has 0 aromatic rings. The summed E-state index contributed by atoms with van der Waals surface area (Å²) in [6, 6.07) is 0. The van der Waals surface area contributed by atoms with Gasteiger partial charge in [-0.15, -0.1) is 17.0 Å². The highest BCUT2D eigenvalue weighted by Crippen LogP contribution is 2.12. The Morgan fingerprint density at radius 2 is 2.11 bits per heavy atom. The minimum Gasteiger partial charge on any atom is -0.306 e. The molecule has 1 rings (SSSR count). The Balaban J connectivity index is 0.000000640. The lowest BCUT2D eigenvalue weighted by Gasteiger charge is -2.26. The number of halogens is 1.